The average molecular weight is 212 g/mol. The van der Waals surface area contributed by atoms with Gasteiger partial charge in [-0.05, 0) is 42.9 Å². The zero-order valence-corrected chi connectivity index (χ0v) is 11.9. The van der Waals surface area contributed by atoms with Crippen LogP contribution in [0.15, 0.2) is 0 Å². The Hall–Kier alpha value is 0. The van der Waals surface area contributed by atoms with Crippen LogP contribution in [-0.2, 0) is 0 Å². The van der Waals surface area contributed by atoms with Crippen LogP contribution in [0.25, 0.3) is 0 Å². The van der Waals surface area contributed by atoms with Crippen LogP contribution in [0.4, 0.5) is 0 Å². The number of rotatable bonds is 0. The maximum Gasteiger partial charge on any atom is -0.0292 e. The minimum Gasteiger partial charge on any atom is -0.0683 e. The summed E-state index contributed by atoms with van der Waals surface area (Å²) < 4.78 is 0. The fraction of sp³-hybridized carbons (Fsp3) is 1.00. The van der Waals surface area contributed by atoms with Gasteiger partial charge in [-0.3, -0.25) is 0 Å². The summed E-state index contributed by atoms with van der Waals surface area (Å²) in [5.41, 5.74) is 0.832. The van der Waals surface area contributed by atoms with Gasteiger partial charge in [0.15, 0.2) is 0 Å². The van der Waals surface area contributed by atoms with Gasteiger partial charge in [0.1, 0.15) is 0 Å². The van der Waals surface area contributed by atoms with Crippen molar-refractivity contribution >= 4 is 0 Å². The predicted molar refractivity (Wildman–Crippen MR) is 71.2 cm³/mol. The third-order valence-electron chi connectivity index (χ3n) is 3.90. The maximum atomic E-state index is 2.43. The molecule has 0 amide bonds. The van der Waals surface area contributed by atoms with Crippen molar-refractivity contribution in [3.63, 3.8) is 0 Å². The molecule has 2 fully saturated rings. The smallest absolute Gasteiger partial charge is 0.0292 e. The topological polar surface area (TPSA) is 0 Å². The van der Waals surface area contributed by atoms with E-state index in [9.17, 15) is 0 Å². The van der Waals surface area contributed by atoms with E-state index in [4.69, 9.17) is 0 Å². The van der Waals surface area contributed by atoms with Crippen molar-refractivity contribution < 1.29 is 0 Å². The highest BCUT2D eigenvalue weighted by Crippen LogP contribution is 2.54. The Morgan fingerprint density at radius 3 is 1.27 bits per heavy atom. The Bertz CT molecular complexity index is 130. The first-order chi connectivity index (χ1) is 7.20. The molecule has 0 aromatic carbocycles. The van der Waals surface area contributed by atoms with E-state index < -0.39 is 0 Å². The largest absolute Gasteiger partial charge is 0.0683 e. The summed E-state index contributed by atoms with van der Waals surface area (Å²) in [6.07, 6.45) is 9.17. The molecule has 0 aliphatic heterocycles. The molecule has 1 spiro atoms. The lowest BCUT2D eigenvalue weighted by Gasteiger charge is -2.22. The summed E-state index contributed by atoms with van der Waals surface area (Å²) in [6, 6.07) is 0. The molecule has 0 nitrogen and oxygen atoms in total. The van der Waals surface area contributed by atoms with E-state index in [1.165, 1.54) is 25.7 Å². The molecule has 0 N–H and O–H groups in total. The molecular weight excluding hydrogens is 180 g/mol. The second-order valence-electron chi connectivity index (χ2n) is 5.20. The zero-order valence-electron chi connectivity index (χ0n) is 11.9. The molecule has 2 aliphatic carbocycles. The molecule has 2 saturated carbocycles. The third-order valence-corrected chi connectivity index (χ3v) is 3.90. The molecule has 2 aliphatic rings. The SMILES string of the molecule is CC.CC.CC1CCC2(CCC(C)C2)C1. The first-order valence-corrected chi connectivity index (χ1v) is 7.20. The van der Waals surface area contributed by atoms with E-state index in [1.54, 1.807) is 12.8 Å². The highest BCUT2D eigenvalue weighted by molar-refractivity contribution is 4.93. The lowest BCUT2D eigenvalue weighted by atomic mass is 9.83. The summed E-state index contributed by atoms with van der Waals surface area (Å²) in [7, 11) is 0. The van der Waals surface area contributed by atoms with E-state index in [2.05, 4.69) is 13.8 Å². The van der Waals surface area contributed by atoms with Crippen LogP contribution in [-0.4, -0.2) is 0 Å². The van der Waals surface area contributed by atoms with Gasteiger partial charge in [0.05, 0.1) is 0 Å². The summed E-state index contributed by atoms with van der Waals surface area (Å²) >= 11 is 0. The highest BCUT2D eigenvalue weighted by atomic mass is 14.5. The summed E-state index contributed by atoms with van der Waals surface area (Å²) in [6.45, 7) is 12.9. The molecule has 0 saturated heterocycles. The van der Waals surface area contributed by atoms with Gasteiger partial charge >= 0.3 is 0 Å². The van der Waals surface area contributed by atoms with E-state index in [1.807, 2.05) is 27.7 Å². The lowest BCUT2D eigenvalue weighted by molar-refractivity contribution is 0.287. The van der Waals surface area contributed by atoms with E-state index in [0.29, 0.717) is 0 Å². The predicted octanol–water partition coefficient (Wildman–Crippen LogP) is 5.67. The normalized spacial score (nSPS) is 38.0. The van der Waals surface area contributed by atoms with Crippen LogP contribution in [0.1, 0.15) is 80.1 Å². The lowest BCUT2D eigenvalue weighted by Crippen LogP contribution is -2.11. The van der Waals surface area contributed by atoms with E-state index >= 15 is 0 Å². The monoisotopic (exact) mass is 212 g/mol. The molecule has 0 heteroatoms. The molecule has 0 bridgehead atoms. The van der Waals surface area contributed by atoms with Crippen molar-refractivity contribution in [1.82, 2.24) is 0 Å². The van der Waals surface area contributed by atoms with Crippen LogP contribution >= 0.6 is 0 Å². The van der Waals surface area contributed by atoms with Crippen LogP contribution in [0.3, 0.4) is 0 Å². The first-order valence-electron chi connectivity index (χ1n) is 7.20. The molecule has 15 heavy (non-hydrogen) atoms. The maximum absolute atomic E-state index is 2.43. The highest BCUT2D eigenvalue weighted by Gasteiger charge is 2.41. The molecule has 0 aromatic rings. The number of hydrogen-bond donors (Lipinski definition) is 0. The molecular formula is C15H32. The van der Waals surface area contributed by atoms with Crippen LogP contribution < -0.4 is 0 Å². The molecule has 2 atom stereocenters. The first kappa shape index (κ1) is 15.0. The average Bonchev–Trinajstić information content (AvgIpc) is 2.81. The second-order valence-corrected chi connectivity index (χ2v) is 5.20. The summed E-state index contributed by atoms with van der Waals surface area (Å²) in [5, 5.41) is 0. The Kier molecular flexibility index (Phi) is 7.30. The van der Waals surface area contributed by atoms with Crippen molar-refractivity contribution in [1.29, 1.82) is 0 Å². The van der Waals surface area contributed by atoms with Gasteiger partial charge in [-0.2, -0.15) is 0 Å². The van der Waals surface area contributed by atoms with Gasteiger partial charge < -0.3 is 0 Å². The second kappa shape index (κ2) is 7.30. The van der Waals surface area contributed by atoms with Gasteiger partial charge in [-0.15, -0.1) is 0 Å². The summed E-state index contributed by atoms with van der Waals surface area (Å²) in [4.78, 5) is 0. The molecule has 2 rings (SSSR count). The number of hydrogen-bond acceptors (Lipinski definition) is 0. The van der Waals surface area contributed by atoms with Gasteiger partial charge in [0, 0.05) is 0 Å². The Labute approximate surface area is 97.8 Å². The third kappa shape index (κ3) is 4.17. The fourth-order valence-electron chi connectivity index (χ4n) is 3.40. The Morgan fingerprint density at radius 1 is 0.733 bits per heavy atom. The van der Waals surface area contributed by atoms with Crippen molar-refractivity contribution in [3.05, 3.63) is 0 Å². The minimum absolute atomic E-state index is 0.832. The van der Waals surface area contributed by atoms with Crippen molar-refractivity contribution in [2.75, 3.05) is 0 Å². The van der Waals surface area contributed by atoms with Crippen molar-refractivity contribution in [2.45, 2.75) is 80.1 Å². The molecule has 2 unspecified atom stereocenters. The Morgan fingerprint density at radius 2 is 1.07 bits per heavy atom. The van der Waals surface area contributed by atoms with Gasteiger partial charge in [-0.25, -0.2) is 0 Å². The zero-order chi connectivity index (χ0) is 11.9. The van der Waals surface area contributed by atoms with Crippen LogP contribution in [0, 0.1) is 17.3 Å². The fourth-order valence-corrected chi connectivity index (χ4v) is 3.40. The molecule has 0 aromatic heterocycles. The van der Waals surface area contributed by atoms with E-state index in [0.717, 1.165) is 17.3 Å². The summed E-state index contributed by atoms with van der Waals surface area (Å²) in [5.74, 6) is 2.06. The van der Waals surface area contributed by atoms with E-state index in [-0.39, 0.29) is 0 Å². The van der Waals surface area contributed by atoms with Crippen molar-refractivity contribution in [3.8, 4) is 0 Å². The van der Waals surface area contributed by atoms with Gasteiger partial charge in [0.2, 0.25) is 0 Å². The quantitative estimate of drug-likeness (QED) is 0.485. The molecule has 0 heterocycles. The molecule has 0 radical (unpaired) electrons. The minimum atomic E-state index is 0.832. The Balaban J connectivity index is 0.000000442. The van der Waals surface area contributed by atoms with Crippen molar-refractivity contribution in [2.24, 2.45) is 17.3 Å². The molecule has 92 valence electrons. The van der Waals surface area contributed by atoms with Crippen LogP contribution in [0.2, 0.25) is 0 Å². The van der Waals surface area contributed by atoms with Gasteiger partial charge in [-0.1, -0.05) is 54.4 Å². The standard InChI is InChI=1S/C11H20.2C2H6/c1-9-3-5-11(7-9)6-4-10(2)8-11;2*1-2/h9-10H,3-8H2,1-2H3;2*1-2H3. The van der Waals surface area contributed by atoms with Crippen LogP contribution in [0.5, 0.6) is 0 Å². The van der Waals surface area contributed by atoms with Gasteiger partial charge in [0.25, 0.3) is 0 Å².